The van der Waals surface area contributed by atoms with Crippen molar-refractivity contribution in [1.82, 2.24) is 9.55 Å². The van der Waals surface area contributed by atoms with E-state index in [9.17, 15) is 18.4 Å². The highest BCUT2D eigenvalue weighted by atomic mass is 32.2. The van der Waals surface area contributed by atoms with E-state index in [1.165, 1.54) is 22.0 Å². The Bertz CT molecular complexity index is 1360. The molecule has 0 aliphatic rings. The Hall–Kier alpha value is -3.04. The summed E-state index contributed by atoms with van der Waals surface area (Å²) < 4.78 is 28.5. The SMILES string of the molecule is Cc1ccc(-n2c(SCC(=O)Nc3ccc(F)c(F)c3)nc3ccsc3c2=O)cc1C. The molecule has 0 aliphatic heterocycles. The van der Waals surface area contributed by atoms with Gasteiger partial charge >= 0.3 is 0 Å². The van der Waals surface area contributed by atoms with E-state index in [2.05, 4.69) is 10.3 Å². The molecule has 1 amide bonds. The number of anilines is 1. The summed E-state index contributed by atoms with van der Waals surface area (Å²) in [5.41, 5.74) is 3.31. The van der Waals surface area contributed by atoms with E-state index in [1.807, 2.05) is 32.0 Å². The van der Waals surface area contributed by atoms with Crippen LogP contribution >= 0.6 is 23.1 Å². The molecule has 0 radical (unpaired) electrons. The Morgan fingerprint density at radius 1 is 1.10 bits per heavy atom. The van der Waals surface area contributed by atoms with Gasteiger partial charge in [-0.1, -0.05) is 17.8 Å². The Kier molecular flexibility index (Phi) is 5.88. The van der Waals surface area contributed by atoms with Gasteiger partial charge in [-0.2, -0.15) is 0 Å². The van der Waals surface area contributed by atoms with Crippen LogP contribution in [0.1, 0.15) is 11.1 Å². The summed E-state index contributed by atoms with van der Waals surface area (Å²) in [4.78, 5) is 30.1. The molecule has 0 atom stereocenters. The number of carbonyl (C=O) groups excluding carboxylic acids is 1. The van der Waals surface area contributed by atoms with Crippen LogP contribution in [-0.4, -0.2) is 21.2 Å². The van der Waals surface area contributed by atoms with Crippen LogP contribution in [0, 0.1) is 25.5 Å². The van der Waals surface area contributed by atoms with E-state index in [4.69, 9.17) is 0 Å². The lowest BCUT2D eigenvalue weighted by molar-refractivity contribution is -0.113. The fraction of sp³-hybridized carbons (Fsp3) is 0.136. The number of benzene rings is 2. The normalized spacial score (nSPS) is 11.1. The number of hydrogen-bond acceptors (Lipinski definition) is 5. The predicted octanol–water partition coefficient (Wildman–Crippen LogP) is 5.07. The third-order valence-electron chi connectivity index (χ3n) is 4.73. The topological polar surface area (TPSA) is 64.0 Å². The first-order valence-corrected chi connectivity index (χ1v) is 11.2. The first-order chi connectivity index (χ1) is 14.8. The van der Waals surface area contributed by atoms with Crippen LogP contribution < -0.4 is 10.9 Å². The van der Waals surface area contributed by atoms with E-state index >= 15 is 0 Å². The smallest absolute Gasteiger partial charge is 0.276 e. The summed E-state index contributed by atoms with van der Waals surface area (Å²) in [5, 5.41) is 4.70. The Labute approximate surface area is 184 Å². The van der Waals surface area contributed by atoms with Crippen LogP contribution in [-0.2, 0) is 4.79 Å². The third-order valence-corrected chi connectivity index (χ3v) is 6.56. The molecular formula is C22H17F2N3O2S2. The van der Waals surface area contributed by atoms with Crippen molar-refractivity contribution in [3.05, 3.63) is 81.0 Å². The van der Waals surface area contributed by atoms with Crippen molar-refractivity contribution in [2.45, 2.75) is 19.0 Å². The number of carbonyl (C=O) groups is 1. The quantitative estimate of drug-likeness (QED) is 0.336. The molecule has 0 aliphatic carbocycles. The minimum absolute atomic E-state index is 0.0636. The maximum Gasteiger partial charge on any atom is 0.276 e. The largest absolute Gasteiger partial charge is 0.325 e. The monoisotopic (exact) mass is 457 g/mol. The molecule has 9 heteroatoms. The molecule has 0 saturated heterocycles. The molecule has 4 aromatic rings. The van der Waals surface area contributed by atoms with Gasteiger partial charge in [-0.15, -0.1) is 11.3 Å². The van der Waals surface area contributed by atoms with Gasteiger partial charge in [0.15, 0.2) is 16.8 Å². The first kappa shape index (κ1) is 21.2. The third kappa shape index (κ3) is 4.38. The van der Waals surface area contributed by atoms with Crippen molar-refractivity contribution in [3.8, 4) is 5.69 Å². The zero-order valence-corrected chi connectivity index (χ0v) is 18.2. The molecule has 0 bridgehead atoms. The molecule has 0 unspecified atom stereocenters. The maximum absolute atomic E-state index is 13.4. The van der Waals surface area contributed by atoms with Crippen molar-refractivity contribution in [2.75, 3.05) is 11.1 Å². The highest BCUT2D eigenvalue weighted by Gasteiger charge is 2.16. The zero-order chi connectivity index (χ0) is 22.1. The summed E-state index contributed by atoms with van der Waals surface area (Å²) in [6, 6.07) is 10.6. The number of halogens is 2. The van der Waals surface area contributed by atoms with Crippen LogP contribution in [0.15, 0.2) is 57.8 Å². The summed E-state index contributed by atoms with van der Waals surface area (Å²) >= 11 is 2.41. The molecule has 2 aromatic heterocycles. The van der Waals surface area contributed by atoms with Crippen LogP contribution in [0.3, 0.4) is 0 Å². The Morgan fingerprint density at radius 3 is 2.65 bits per heavy atom. The molecule has 0 saturated carbocycles. The number of nitrogens with one attached hydrogen (secondary N) is 1. The lowest BCUT2D eigenvalue weighted by atomic mass is 10.1. The summed E-state index contributed by atoms with van der Waals surface area (Å²) in [5.74, 6) is -2.52. The molecule has 31 heavy (non-hydrogen) atoms. The van der Waals surface area contributed by atoms with E-state index in [0.29, 0.717) is 21.1 Å². The van der Waals surface area contributed by atoms with Gasteiger partial charge in [0.1, 0.15) is 4.70 Å². The van der Waals surface area contributed by atoms with E-state index in [1.54, 1.807) is 11.4 Å². The minimum Gasteiger partial charge on any atom is -0.325 e. The number of thioether (sulfide) groups is 1. The first-order valence-electron chi connectivity index (χ1n) is 9.29. The molecule has 0 fully saturated rings. The number of aryl methyl sites for hydroxylation is 2. The molecule has 2 heterocycles. The van der Waals surface area contributed by atoms with E-state index in [0.717, 1.165) is 35.0 Å². The van der Waals surface area contributed by atoms with Crippen molar-refractivity contribution < 1.29 is 13.6 Å². The van der Waals surface area contributed by atoms with Gasteiger partial charge in [0, 0.05) is 11.8 Å². The van der Waals surface area contributed by atoms with Crippen LogP contribution in [0.25, 0.3) is 15.9 Å². The van der Waals surface area contributed by atoms with Gasteiger partial charge in [0.2, 0.25) is 5.91 Å². The second kappa shape index (κ2) is 8.60. The zero-order valence-electron chi connectivity index (χ0n) is 16.6. The fourth-order valence-electron chi connectivity index (χ4n) is 2.98. The van der Waals surface area contributed by atoms with Gasteiger partial charge < -0.3 is 5.32 Å². The molecule has 0 spiro atoms. The van der Waals surface area contributed by atoms with Crippen LogP contribution in [0.2, 0.25) is 0 Å². The van der Waals surface area contributed by atoms with Gasteiger partial charge in [0.25, 0.3) is 5.56 Å². The average molecular weight is 458 g/mol. The number of amides is 1. The molecule has 5 nitrogen and oxygen atoms in total. The molecular weight excluding hydrogens is 440 g/mol. The summed E-state index contributed by atoms with van der Waals surface area (Å²) in [6.07, 6.45) is 0. The average Bonchev–Trinajstić information content (AvgIpc) is 3.20. The van der Waals surface area contributed by atoms with Crippen molar-refractivity contribution in [2.24, 2.45) is 0 Å². The fourth-order valence-corrected chi connectivity index (χ4v) is 4.55. The van der Waals surface area contributed by atoms with Crippen molar-refractivity contribution in [3.63, 3.8) is 0 Å². The number of hydrogen-bond donors (Lipinski definition) is 1. The second-order valence-electron chi connectivity index (χ2n) is 6.90. The molecule has 1 N–H and O–H groups in total. The number of fused-ring (bicyclic) bond motifs is 1. The number of aromatic nitrogens is 2. The predicted molar refractivity (Wildman–Crippen MR) is 120 cm³/mol. The number of thiophene rings is 1. The van der Waals surface area contributed by atoms with E-state index < -0.39 is 17.5 Å². The lowest BCUT2D eigenvalue weighted by Crippen LogP contribution is -2.22. The Morgan fingerprint density at radius 2 is 1.90 bits per heavy atom. The molecule has 2 aromatic carbocycles. The van der Waals surface area contributed by atoms with Gasteiger partial charge in [-0.25, -0.2) is 13.8 Å². The Balaban J connectivity index is 1.64. The maximum atomic E-state index is 13.4. The van der Waals surface area contributed by atoms with Crippen molar-refractivity contribution >= 4 is 44.9 Å². The van der Waals surface area contributed by atoms with Crippen LogP contribution in [0.4, 0.5) is 14.5 Å². The van der Waals surface area contributed by atoms with Gasteiger partial charge in [-0.3, -0.25) is 14.2 Å². The van der Waals surface area contributed by atoms with Crippen LogP contribution in [0.5, 0.6) is 0 Å². The molecule has 4 rings (SSSR count). The molecule has 158 valence electrons. The van der Waals surface area contributed by atoms with Gasteiger partial charge in [-0.05, 0) is 60.7 Å². The standard InChI is InChI=1S/C22H17F2N3O2S2/c1-12-3-5-15(9-13(12)2)27-21(29)20-18(7-8-30-20)26-22(27)31-11-19(28)25-14-4-6-16(23)17(24)10-14/h3-10H,11H2,1-2H3,(H,25,28). The lowest BCUT2D eigenvalue weighted by Gasteiger charge is -2.13. The summed E-state index contributed by atoms with van der Waals surface area (Å²) in [6.45, 7) is 3.95. The summed E-state index contributed by atoms with van der Waals surface area (Å²) in [7, 11) is 0. The van der Waals surface area contributed by atoms with E-state index in [-0.39, 0.29) is 17.0 Å². The second-order valence-corrected chi connectivity index (χ2v) is 8.76. The van der Waals surface area contributed by atoms with Gasteiger partial charge in [0.05, 0.1) is 17.0 Å². The highest BCUT2D eigenvalue weighted by Crippen LogP contribution is 2.25. The number of nitrogens with zero attached hydrogens (tertiary/aromatic N) is 2. The minimum atomic E-state index is -1.04. The van der Waals surface area contributed by atoms with Crippen molar-refractivity contribution in [1.29, 1.82) is 0 Å². The number of rotatable bonds is 5. The highest BCUT2D eigenvalue weighted by molar-refractivity contribution is 7.99.